The van der Waals surface area contributed by atoms with Crippen LogP contribution in [0.1, 0.15) is 38.9 Å². The average molecular weight is 245 g/mol. The van der Waals surface area contributed by atoms with Crippen LogP contribution in [0.25, 0.3) is 0 Å². The van der Waals surface area contributed by atoms with Crippen molar-refractivity contribution < 1.29 is 0 Å². The predicted octanol–water partition coefficient (Wildman–Crippen LogP) is 3.18. The van der Waals surface area contributed by atoms with Crippen molar-refractivity contribution in [3.63, 3.8) is 0 Å². The van der Waals surface area contributed by atoms with Gasteiger partial charge in [0.15, 0.2) is 0 Å². The van der Waals surface area contributed by atoms with Gasteiger partial charge in [0.25, 0.3) is 0 Å². The monoisotopic (exact) mass is 244 g/mol. The SMILES string of the molecule is CCC(Br)C(C)c1nccn1CC. The van der Waals surface area contributed by atoms with Gasteiger partial charge in [0.05, 0.1) is 0 Å². The lowest BCUT2D eigenvalue weighted by atomic mass is 10.1. The van der Waals surface area contributed by atoms with Crippen LogP contribution in [-0.2, 0) is 6.54 Å². The highest BCUT2D eigenvalue weighted by atomic mass is 79.9. The number of halogens is 1. The molecule has 1 aromatic rings. The Morgan fingerprint density at radius 1 is 1.54 bits per heavy atom. The first-order valence-electron chi connectivity index (χ1n) is 4.85. The molecule has 13 heavy (non-hydrogen) atoms. The van der Waals surface area contributed by atoms with E-state index in [1.807, 2.05) is 12.4 Å². The van der Waals surface area contributed by atoms with Gasteiger partial charge in [-0.25, -0.2) is 4.98 Å². The normalized spacial score (nSPS) is 15.7. The lowest BCUT2D eigenvalue weighted by Crippen LogP contribution is -2.13. The van der Waals surface area contributed by atoms with Crippen LogP contribution in [0.2, 0.25) is 0 Å². The molecule has 0 N–H and O–H groups in total. The van der Waals surface area contributed by atoms with Gasteiger partial charge in [-0.2, -0.15) is 0 Å². The molecular formula is C10H17BrN2. The minimum absolute atomic E-state index is 0.486. The molecule has 0 fully saturated rings. The fourth-order valence-corrected chi connectivity index (χ4v) is 1.74. The number of aromatic nitrogens is 2. The second kappa shape index (κ2) is 4.80. The van der Waals surface area contributed by atoms with Crippen LogP contribution in [0.5, 0.6) is 0 Å². The summed E-state index contributed by atoms with van der Waals surface area (Å²) in [6.07, 6.45) is 5.06. The molecule has 3 heteroatoms. The largest absolute Gasteiger partial charge is 0.335 e. The summed E-state index contributed by atoms with van der Waals surface area (Å²) < 4.78 is 2.20. The van der Waals surface area contributed by atoms with E-state index in [1.54, 1.807) is 0 Å². The van der Waals surface area contributed by atoms with Crippen LogP contribution in [0.3, 0.4) is 0 Å². The van der Waals surface area contributed by atoms with Crippen molar-refractivity contribution in [1.29, 1.82) is 0 Å². The Bertz CT molecular complexity index is 257. The number of aryl methyl sites for hydroxylation is 1. The third-order valence-electron chi connectivity index (χ3n) is 2.43. The van der Waals surface area contributed by atoms with Crippen molar-refractivity contribution in [3.05, 3.63) is 18.2 Å². The second-order valence-electron chi connectivity index (χ2n) is 3.28. The molecule has 0 bridgehead atoms. The molecule has 2 unspecified atom stereocenters. The fourth-order valence-electron chi connectivity index (χ4n) is 1.50. The van der Waals surface area contributed by atoms with E-state index < -0.39 is 0 Å². The van der Waals surface area contributed by atoms with Crippen molar-refractivity contribution in [1.82, 2.24) is 9.55 Å². The number of nitrogens with zero attached hydrogens (tertiary/aromatic N) is 2. The third-order valence-corrected chi connectivity index (χ3v) is 3.87. The van der Waals surface area contributed by atoms with Gasteiger partial charge >= 0.3 is 0 Å². The van der Waals surface area contributed by atoms with Crippen LogP contribution in [0.15, 0.2) is 12.4 Å². The summed E-state index contributed by atoms with van der Waals surface area (Å²) in [5.41, 5.74) is 0. The van der Waals surface area contributed by atoms with Crippen LogP contribution in [0, 0.1) is 0 Å². The Morgan fingerprint density at radius 2 is 2.23 bits per heavy atom. The molecule has 1 rings (SSSR count). The van der Waals surface area contributed by atoms with Crippen molar-refractivity contribution in [3.8, 4) is 0 Å². The van der Waals surface area contributed by atoms with Gasteiger partial charge in [-0.15, -0.1) is 0 Å². The summed E-state index contributed by atoms with van der Waals surface area (Å²) >= 11 is 3.67. The minimum Gasteiger partial charge on any atom is -0.335 e. The molecule has 2 nitrogen and oxygen atoms in total. The molecule has 1 aromatic heterocycles. The smallest absolute Gasteiger partial charge is 0.112 e. The Labute approximate surface area is 88.5 Å². The molecule has 2 atom stereocenters. The minimum atomic E-state index is 0.486. The Balaban J connectivity index is 2.81. The lowest BCUT2D eigenvalue weighted by Gasteiger charge is -2.17. The van der Waals surface area contributed by atoms with Crippen LogP contribution in [-0.4, -0.2) is 14.4 Å². The summed E-state index contributed by atoms with van der Waals surface area (Å²) in [7, 11) is 0. The maximum absolute atomic E-state index is 4.39. The van der Waals surface area contributed by atoms with E-state index in [4.69, 9.17) is 0 Å². The molecule has 0 aliphatic rings. The lowest BCUT2D eigenvalue weighted by molar-refractivity contribution is 0.595. The second-order valence-corrected chi connectivity index (χ2v) is 4.46. The standard InChI is InChI=1S/C10H17BrN2/c1-4-9(11)8(3)10-12-6-7-13(10)5-2/h6-9H,4-5H2,1-3H3. The Kier molecular flexibility index (Phi) is 3.97. The summed E-state index contributed by atoms with van der Waals surface area (Å²) in [6.45, 7) is 7.56. The molecule has 1 heterocycles. The zero-order valence-electron chi connectivity index (χ0n) is 8.50. The Morgan fingerprint density at radius 3 is 2.77 bits per heavy atom. The molecule has 0 amide bonds. The maximum Gasteiger partial charge on any atom is 0.112 e. The first-order chi connectivity index (χ1) is 6.20. The fraction of sp³-hybridized carbons (Fsp3) is 0.700. The summed E-state index contributed by atoms with van der Waals surface area (Å²) in [5.74, 6) is 1.67. The highest BCUT2D eigenvalue weighted by Crippen LogP contribution is 2.25. The van der Waals surface area contributed by atoms with Crippen LogP contribution >= 0.6 is 15.9 Å². The van der Waals surface area contributed by atoms with Gasteiger partial charge in [-0.1, -0.05) is 29.8 Å². The number of imidazole rings is 1. The van der Waals surface area contributed by atoms with Crippen molar-refractivity contribution in [2.24, 2.45) is 0 Å². The molecule has 74 valence electrons. The summed E-state index contributed by atoms with van der Waals surface area (Å²) in [4.78, 5) is 4.92. The van der Waals surface area contributed by atoms with Gasteiger partial charge in [0, 0.05) is 29.7 Å². The van der Waals surface area contributed by atoms with Gasteiger partial charge in [0.2, 0.25) is 0 Å². The van der Waals surface area contributed by atoms with Gasteiger partial charge in [-0.3, -0.25) is 0 Å². The third kappa shape index (κ3) is 2.33. The predicted molar refractivity (Wildman–Crippen MR) is 59.3 cm³/mol. The number of hydrogen-bond donors (Lipinski definition) is 0. The van der Waals surface area contributed by atoms with E-state index in [0.29, 0.717) is 10.7 Å². The quantitative estimate of drug-likeness (QED) is 0.745. The van der Waals surface area contributed by atoms with Crippen LogP contribution < -0.4 is 0 Å². The zero-order chi connectivity index (χ0) is 9.84. The van der Waals surface area contributed by atoms with E-state index in [9.17, 15) is 0 Å². The summed E-state index contributed by atoms with van der Waals surface area (Å²) in [6, 6.07) is 0. The van der Waals surface area contributed by atoms with Gasteiger partial charge in [0.1, 0.15) is 5.82 Å². The van der Waals surface area contributed by atoms with E-state index in [-0.39, 0.29) is 0 Å². The van der Waals surface area contributed by atoms with Crippen LogP contribution in [0.4, 0.5) is 0 Å². The molecular weight excluding hydrogens is 228 g/mol. The molecule has 0 aliphatic heterocycles. The molecule has 0 spiro atoms. The highest BCUT2D eigenvalue weighted by molar-refractivity contribution is 9.09. The van der Waals surface area contributed by atoms with Crippen molar-refractivity contribution in [2.45, 2.75) is 44.5 Å². The molecule has 0 radical (unpaired) electrons. The Hall–Kier alpha value is -0.310. The first-order valence-corrected chi connectivity index (χ1v) is 5.77. The van der Waals surface area contributed by atoms with E-state index in [0.717, 1.165) is 13.0 Å². The van der Waals surface area contributed by atoms with E-state index in [2.05, 4.69) is 46.3 Å². The maximum atomic E-state index is 4.39. The molecule has 0 saturated carbocycles. The number of rotatable bonds is 4. The number of alkyl halides is 1. The topological polar surface area (TPSA) is 17.8 Å². The first kappa shape index (κ1) is 10.8. The zero-order valence-corrected chi connectivity index (χ0v) is 10.1. The van der Waals surface area contributed by atoms with Gasteiger partial charge < -0.3 is 4.57 Å². The van der Waals surface area contributed by atoms with Gasteiger partial charge in [-0.05, 0) is 13.3 Å². The summed E-state index contributed by atoms with van der Waals surface area (Å²) in [5, 5.41) is 0. The number of hydrogen-bond acceptors (Lipinski definition) is 1. The van der Waals surface area contributed by atoms with Crippen molar-refractivity contribution in [2.75, 3.05) is 0 Å². The molecule has 0 aliphatic carbocycles. The average Bonchev–Trinajstić information content (AvgIpc) is 2.62. The van der Waals surface area contributed by atoms with E-state index in [1.165, 1.54) is 5.82 Å². The van der Waals surface area contributed by atoms with Crippen molar-refractivity contribution >= 4 is 15.9 Å². The molecule has 0 aromatic carbocycles. The van der Waals surface area contributed by atoms with E-state index >= 15 is 0 Å². The highest BCUT2D eigenvalue weighted by Gasteiger charge is 2.17. The molecule has 0 saturated heterocycles.